The average molecular weight is 467 g/mol. The van der Waals surface area contributed by atoms with E-state index >= 15 is 0 Å². The molecule has 2 N–H and O–H groups in total. The summed E-state index contributed by atoms with van der Waals surface area (Å²) < 4.78 is 26.2. The number of nitrogens with zero attached hydrogens (tertiary/aromatic N) is 1. The van der Waals surface area contributed by atoms with E-state index in [1.165, 1.54) is 18.2 Å². The highest BCUT2D eigenvalue weighted by Gasteiger charge is 2.38. The molecule has 0 aliphatic carbocycles. The number of nitriles is 1. The number of benzene rings is 3. The van der Waals surface area contributed by atoms with Crippen LogP contribution in [0, 0.1) is 28.5 Å². The van der Waals surface area contributed by atoms with Gasteiger partial charge < -0.3 is 14.6 Å². The number of hydrogen-bond donors (Lipinski definition) is 2. The fourth-order valence-electron chi connectivity index (χ4n) is 3.53. The maximum Gasteiger partial charge on any atom is 0.205 e. The number of halogens is 2. The molecule has 5 nitrogen and oxygen atoms in total. The van der Waals surface area contributed by atoms with Crippen LogP contribution in [-0.4, -0.2) is 11.0 Å². The maximum atomic E-state index is 14.0. The topological polar surface area (TPSA) is 86.3 Å². The van der Waals surface area contributed by atoms with Gasteiger partial charge in [-0.1, -0.05) is 40.2 Å². The molecular formula is C23H16BrFN2O3. The molecular weight excluding hydrogens is 451 g/mol. The molecule has 30 heavy (non-hydrogen) atoms. The molecule has 0 spiro atoms. The molecule has 1 heterocycles. The monoisotopic (exact) mass is 466 g/mol. The van der Waals surface area contributed by atoms with Crippen LogP contribution in [0.15, 0.2) is 65.1 Å². The van der Waals surface area contributed by atoms with Crippen molar-refractivity contribution < 1.29 is 19.0 Å². The quantitative estimate of drug-likeness (QED) is 0.530. The Labute approximate surface area is 180 Å². The number of phenolic OH excluding ortho intramolecular Hbond substituents is 1. The third-order valence-corrected chi connectivity index (χ3v) is 5.45. The van der Waals surface area contributed by atoms with Crippen LogP contribution in [-0.2, 0) is 6.61 Å². The Morgan fingerprint density at radius 3 is 2.70 bits per heavy atom. The van der Waals surface area contributed by atoms with Crippen LogP contribution in [0.3, 0.4) is 0 Å². The lowest BCUT2D eigenvalue weighted by Gasteiger charge is -2.31. The molecule has 0 fully saturated rings. The number of fused-ring (bicyclic) bond motifs is 1. The van der Waals surface area contributed by atoms with Gasteiger partial charge in [-0.25, -0.2) is 4.39 Å². The maximum absolute atomic E-state index is 14.0. The van der Waals surface area contributed by atoms with Crippen LogP contribution in [0.5, 0.6) is 17.2 Å². The number of nitrogens with one attached hydrogen (secondary N) is 1. The summed E-state index contributed by atoms with van der Waals surface area (Å²) in [6.45, 7) is 0.0155. The second-order valence-corrected chi connectivity index (χ2v) is 7.75. The van der Waals surface area contributed by atoms with Crippen LogP contribution in [0.4, 0.5) is 4.39 Å². The van der Waals surface area contributed by atoms with Crippen molar-refractivity contribution in [1.29, 1.82) is 10.7 Å². The van der Waals surface area contributed by atoms with E-state index in [-0.39, 0.29) is 24.1 Å². The van der Waals surface area contributed by atoms with Crippen molar-refractivity contribution in [3.8, 4) is 23.3 Å². The van der Waals surface area contributed by atoms with E-state index in [1.54, 1.807) is 36.4 Å². The minimum atomic E-state index is -0.882. The van der Waals surface area contributed by atoms with Gasteiger partial charge in [0, 0.05) is 33.1 Å². The Morgan fingerprint density at radius 1 is 1.13 bits per heavy atom. The summed E-state index contributed by atoms with van der Waals surface area (Å²) in [6.07, 6.45) is 0. The Kier molecular flexibility index (Phi) is 5.42. The summed E-state index contributed by atoms with van der Waals surface area (Å²) >= 11 is 3.46. The molecule has 150 valence electrons. The van der Waals surface area contributed by atoms with Crippen LogP contribution < -0.4 is 9.47 Å². The van der Waals surface area contributed by atoms with Crippen molar-refractivity contribution >= 4 is 21.8 Å². The molecule has 7 heteroatoms. The second kappa shape index (κ2) is 8.17. The normalized spacial score (nSPS) is 17.6. The van der Waals surface area contributed by atoms with Crippen molar-refractivity contribution in [3.63, 3.8) is 0 Å². The van der Waals surface area contributed by atoms with Crippen molar-refractivity contribution in [2.45, 2.75) is 12.5 Å². The van der Waals surface area contributed by atoms with E-state index in [9.17, 15) is 14.8 Å². The first-order chi connectivity index (χ1) is 14.5. The van der Waals surface area contributed by atoms with E-state index in [1.807, 2.05) is 6.07 Å². The van der Waals surface area contributed by atoms with Gasteiger partial charge in [-0.05, 0) is 30.3 Å². The smallest absolute Gasteiger partial charge is 0.205 e. The minimum absolute atomic E-state index is 0.000904. The fourth-order valence-corrected chi connectivity index (χ4v) is 3.91. The highest BCUT2D eigenvalue weighted by Crippen LogP contribution is 2.46. The largest absolute Gasteiger partial charge is 0.508 e. The van der Waals surface area contributed by atoms with Gasteiger partial charge >= 0.3 is 0 Å². The molecule has 2 atom stereocenters. The first kappa shape index (κ1) is 19.9. The molecule has 0 saturated carbocycles. The second-order valence-electron chi connectivity index (χ2n) is 6.84. The van der Waals surface area contributed by atoms with E-state index in [4.69, 9.17) is 14.9 Å². The molecule has 0 aromatic heterocycles. The zero-order valence-corrected chi connectivity index (χ0v) is 17.2. The SMILES string of the molecule is N#CC1C(=N)Oc2cc(O)ccc2C1c1cc(Br)ccc1OCc1ccccc1F. The predicted molar refractivity (Wildman–Crippen MR) is 112 cm³/mol. The zero-order valence-electron chi connectivity index (χ0n) is 15.6. The van der Waals surface area contributed by atoms with Crippen LogP contribution in [0.1, 0.15) is 22.6 Å². The first-order valence-corrected chi connectivity index (χ1v) is 9.91. The molecule has 1 aliphatic rings. The molecule has 0 amide bonds. The summed E-state index contributed by atoms with van der Waals surface area (Å²) in [5.74, 6) is -1.22. The van der Waals surface area contributed by atoms with Gasteiger partial charge in [0.2, 0.25) is 5.90 Å². The fraction of sp³-hybridized carbons (Fsp3) is 0.130. The zero-order chi connectivity index (χ0) is 21.3. The third-order valence-electron chi connectivity index (χ3n) is 4.95. The highest BCUT2D eigenvalue weighted by molar-refractivity contribution is 9.10. The van der Waals surface area contributed by atoms with E-state index < -0.39 is 11.8 Å². The predicted octanol–water partition coefficient (Wildman–Crippen LogP) is 5.51. The lowest BCUT2D eigenvalue weighted by Crippen LogP contribution is -2.31. The summed E-state index contributed by atoms with van der Waals surface area (Å²) in [6, 6.07) is 18.5. The molecule has 1 aliphatic heterocycles. The van der Waals surface area contributed by atoms with Crippen LogP contribution in [0.2, 0.25) is 0 Å². The van der Waals surface area contributed by atoms with Gasteiger partial charge in [-0.3, -0.25) is 5.41 Å². The molecule has 0 saturated heterocycles. The standard InChI is InChI=1S/C23H16BrFN2O3/c24-14-5-8-20(29-12-13-3-1-2-4-19(13)25)17(9-14)22-16-7-6-15(28)10-21(16)30-23(27)18(22)11-26/h1-10,18,22,27-28H,12H2. The molecule has 3 aromatic carbocycles. The lowest BCUT2D eigenvalue weighted by atomic mass is 9.78. The summed E-state index contributed by atoms with van der Waals surface area (Å²) in [5, 5.41) is 27.7. The number of phenols is 1. The third kappa shape index (κ3) is 3.74. The Hall–Kier alpha value is -3.37. The number of aromatic hydroxyl groups is 1. The molecule has 0 bridgehead atoms. The Morgan fingerprint density at radius 2 is 1.93 bits per heavy atom. The molecule has 2 unspecified atom stereocenters. The van der Waals surface area contributed by atoms with Crippen molar-refractivity contribution in [2.24, 2.45) is 5.92 Å². The summed E-state index contributed by atoms with van der Waals surface area (Å²) in [5.41, 5.74) is 1.73. The molecule has 3 aromatic rings. The van der Waals surface area contributed by atoms with Crippen LogP contribution >= 0.6 is 15.9 Å². The van der Waals surface area contributed by atoms with Crippen LogP contribution in [0.25, 0.3) is 0 Å². The highest BCUT2D eigenvalue weighted by atomic mass is 79.9. The van der Waals surface area contributed by atoms with Gasteiger partial charge in [0.05, 0.1) is 6.07 Å². The van der Waals surface area contributed by atoms with Gasteiger partial charge in [-0.2, -0.15) is 5.26 Å². The van der Waals surface area contributed by atoms with Gasteiger partial charge in [0.25, 0.3) is 0 Å². The number of rotatable bonds is 4. The number of hydrogen-bond acceptors (Lipinski definition) is 5. The van der Waals surface area contributed by atoms with Crippen molar-refractivity contribution in [1.82, 2.24) is 0 Å². The average Bonchev–Trinajstić information content (AvgIpc) is 2.72. The first-order valence-electron chi connectivity index (χ1n) is 9.12. The van der Waals surface area contributed by atoms with Gasteiger partial charge in [0.1, 0.15) is 35.6 Å². The molecule has 0 radical (unpaired) electrons. The van der Waals surface area contributed by atoms with Crippen molar-refractivity contribution in [3.05, 3.63) is 87.6 Å². The van der Waals surface area contributed by atoms with E-state index in [0.29, 0.717) is 28.2 Å². The van der Waals surface area contributed by atoms with Crippen molar-refractivity contribution in [2.75, 3.05) is 0 Å². The Bertz CT molecular complexity index is 1180. The lowest BCUT2D eigenvalue weighted by molar-refractivity contribution is 0.294. The minimum Gasteiger partial charge on any atom is -0.508 e. The summed E-state index contributed by atoms with van der Waals surface area (Å²) in [4.78, 5) is 0. The molecule has 4 rings (SSSR count). The van der Waals surface area contributed by atoms with E-state index in [0.717, 1.165) is 4.47 Å². The number of ether oxygens (including phenoxy) is 2. The van der Waals surface area contributed by atoms with Gasteiger partial charge in [-0.15, -0.1) is 0 Å². The summed E-state index contributed by atoms with van der Waals surface area (Å²) in [7, 11) is 0. The Balaban J connectivity index is 1.79. The van der Waals surface area contributed by atoms with Gasteiger partial charge in [0.15, 0.2) is 0 Å². The van der Waals surface area contributed by atoms with E-state index in [2.05, 4.69) is 22.0 Å².